The molecule has 1 saturated heterocycles. The van der Waals surface area contributed by atoms with E-state index < -0.39 is 6.43 Å². The minimum absolute atomic E-state index is 0.0408. The molecule has 2 nitrogen and oxygen atoms in total. The third kappa shape index (κ3) is 3.88. The van der Waals surface area contributed by atoms with Crippen molar-refractivity contribution in [1.29, 1.82) is 0 Å². The summed E-state index contributed by atoms with van der Waals surface area (Å²) in [6.07, 6.45) is 1.84. The Kier molecular flexibility index (Phi) is 5.80. The van der Waals surface area contributed by atoms with Crippen LogP contribution < -0.4 is 5.32 Å². The lowest BCUT2D eigenvalue weighted by atomic mass is 9.88. The number of piperazine rings is 1. The van der Waals surface area contributed by atoms with Gasteiger partial charge in [-0.05, 0) is 19.3 Å². The molecule has 4 heteroatoms. The summed E-state index contributed by atoms with van der Waals surface area (Å²) in [5.41, 5.74) is 0.0408. The van der Waals surface area contributed by atoms with E-state index in [9.17, 15) is 8.78 Å². The van der Waals surface area contributed by atoms with Gasteiger partial charge in [-0.15, -0.1) is 0 Å². The van der Waals surface area contributed by atoms with Crippen LogP contribution in [0.4, 0.5) is 8.78 Å². The number of halogens is 2. The SMILES string of the molecule is CCCC1CNC(CC)(CC)CN1CC(F)F. The van der Waals surface area contributed by atoms with Gasteiger partial charge in [0.05, 0.1) is 6.54 Å². The van der Waals surface area contributed by atoms with Crippen molar-refractivity contribution in [3.8, 4) is 0 Å². The Morgan fingerprint density at radius 1 is 1.29 bits per heavy atom. The van der Waals surface area contributed by atoms with Crippen LogP contribution in [0, 0.1) is 0 Å². The van der Waals surface area contributed by atoms with Crippen LogP contribution in [0.1, 0.15) is 46.5 Å². The molecule has 1 unspecified atom stereocenters. The number of nitrogens with zero attached hydrogens (tertiary/aromatic N) is 1. The van der Waals surface area contributed by atoms with E-state index in [1.165, 1.54) is 0 Å². The molecule has 0 aromatic heterocycles. The highest BCUT2D eigenvalue weighted by Gasteiger charge is 2.37. The van der Waals surface area contributed by atoms with E-state index in [4.69, 9.17) is 0 Å². The quantitative estimate of drug-likeness (QED) is 0.777. The Balaban J connectivity index is 2.68. The molecule has 0 amide bonds. The number of hydrogen-bond donors (Lipinski definition) is 1. The zero-order valence-corrected chi connectivity index (χ0v) is 11.3. The summed E-state index contributed by atoms with van der Waals surface area (Å²) in [6, 6.07) is 0.278. The Bertz CT molecular complexity index is 217. The average Bonchev–Trinajstić information content (AvgIpc) is 2.31. The molecule has 0 aromatic carbocycles. The van der Waals surface area contributed by atoms with Gasteiger partial charge >= 0.3 is 0 Å². The Morgan fingerprint density at radius 2 is 1.94 bits per heavy atom. The van der Waals surface area contributed by atoms with Gasteiger partial charge in [-0.3, -0.25) is 4.90 Å². The predicted molar refractivity (Wildman–Crippen MR) is 67.6 cm³/mol. The highest BCUT2D eigenvalue weighted by molar-refractivity contribution is 4.96. The fourth-order valence-corrected chi connectivity index (χ4v) is 2.77. The van der Waals surface area contributed by atoms with Gasteiger partial charge in [0.2, 0.25) is 0 Å². The van der Waals surface area contributed by atoms with Crippen LogP contribution in [0.5, 0.6) is 0 Å². The number of hydrogen-bond acceptors (Lipinski definition) is 2. The largest absolute Gasteiger partial charge is 0.308 e. The molecule has 1 N–H and O–H groups in total. The van der Waals surface area contributed by atoms with Gasteiger partial charge in [0.25, 0.3) is 6.43 Å². The first kappa shape index (κ1) is 14.8. The average molecular weight is 248 g/mol. The van der Waals surface area contributed by atoms with Crippen LogP contribution in [-0.2, 0) is 0 Å². The fourth-order valence-electron chi connectivity index (χ4n) is 2.77. The van der Waals surface area contributed by atoms with E-state index in [-0.39, 0.29) is 18.1 Å². The summed E-state index contributed by atoms with van der Waals surface area (Å²) in [4.78, 5) is 2.00. The maximum atomic E-state index is 12.6. The molecule has 0 radical (unpaired) electrons. The van der Waals surface area contributed by atoms with Crippen molar-refractivity contribution in [2.45, 2.75) is 64.5 Å². The molecule has 0 spiro atoms. The molecule has 1 fully saturated rings. The van der Waals surface area contributed by atoms with Crippen molar-refractivity contribution in [2.24, 2.45) is 0 Å². The Morgan fingerprint density at radius 3 is 2.41 bits per heavy atom. The van der Waals surface area contributed by atoms with Crippen molar-refractivity contribution in [2.75, 3.05) is 19.6 Å². The van der Waals surface area contributed by atoms with Gasteiger partial charge in [0.1, 0.15) is 0 Å². The minimum atomic E-state index is -2.22. The number of nitrogens with one attached hydrogen (secondary N) is 1. The van der Waals surface area contributed by atoms with Crippen molar-refractivity contribution >= 4 is 0 Å². The maximum absolute atomic E-state index is 12.6. The molecular formula is C13H26F2N2. The molecule has 1 atom stereocenters. The summed E-state index contributed by atoms with van der Waals surface area (Å²) in [7, 11) is 0. The first-order valence-electron chi connectivity index (χ1n) is 6.84. The second-order valence-corrected chi connectivity index (χ2v) is 5.13. The van der Waals surface area contributed by atoms with E-state index in [0.717, 1.165) is 38.8 Å². The number of rotatable bonds is 6. The minimum Gasteiger partial charge on any atom is -0.308 e. The summed E-state index contributed by atoms with van der Waals surface area (Å²) in [6.45, 7) is 7.92. The predicted octanol–water partition coefficient (Wildman–Crippen LogP) is 2.88. The lowest BCUT2D eigenvalue weighted by Gasteiger charge is -2.47. The topological polar surface area (TPSA) is 15.3 Å². The molecule has 1 heterocycles. The second kappa shape index (κ2) is 6.64. The summed E-state index contributed by atoms with van der Waals surface area (Å²) < 4.78 is 25.3. The lowest BCUT2D eigenvalue weighted by Crippen LogP contribution is -2.64. The van der Waals surface area contributed by atoms with Crippen molar-refractivity contribution in [3.05, 3.63) is 0 Å². The molecule has 1 aliphatic heterocycles. The third-order valence-corrected chi connectivity index (χ3v) is 4.08. The zero-order valence-electron chi connectivity index (χ0n) is 11.3. The van der Waals surface area contributed by atoms with Crippen LogP contribution >= 0.6 is 0 Å². The maximum Gasteiger partial charge on any atom is 0.251 e. The smallest absolute Gasteiger partial charge is 0.251 e. The monoisotopic (exact) mass is 248 g/mol. The fraction of sp³-hybridized carbons (Fsp3) is 1.00. The van der Waals surface area contributed by atoms with Crippen LogP contribution in [-0.4, -0.2) is 42.5 Å². The molecule has 0 aromatic rings. The lowest BCUT2D eigenvalue weighted by molar-refractivity contribution is 0.0145. The molecule has 1 rings (SSSR count). The van der Waals surface area contributed by atoms with E-state index in [0.29, 0.717) is 0 Å². The van der Waals surface area contributed by atoms with E-state index in [1.807, 2.05) is 4.90 Å². The zero-order chi connectivity index (χ0) is 12.9. The van der Waals surface area contributed by atoms with Gasteiger partial charge in [0, 0.05) is 24.7 Å². The summed E-state index contributed by atoms with van der Waals surface area (Å²) in [5.74, 6) is 0. The van der Waals surface area contributed by atoms with Crippen molar-refractivity contribution < 1.29 is 8.78 Å². The molecular weight excluding hydrogens is 222 g/mol. The summed E-state index contributed by atoms with van der Waals surface area (Å²) >= 11 is 0. The van der Waals surface area contributed by atoms with Gasteiger partial charge in [-0.2, -0.15) is 0 Å². The van der Waals surface area contributed by atoms with Crippen LogP contribution in [0.25, 0.3) is 0 Å². The molecule has 0 aliphatic carbocycles. The standard InChI is InChI=1S/C13H26F2N2/c1-4-7-11-8-16-13(5-2,6-3)10-17(11)9-12(14)15/h11-12,16H,4-10H2,1-3H3. The first-order valence-corrected chi connectivity index (χ1v) is 6.84. The van der Waals surface area contributed by atoms with Gasteiger partial charge < -0.3 is 5.32 Å². The van der Waals surface area contributed by atoms with Crippen LogP contribution in [0.15, 0.2) is 0 Å². The first-order chi connectivity index (χ1) is 8.06. The third-order valence-electron chi connectivity index (χ3n) is 4.08. The highest BCUT2D eigenvalue weighted by atomic mass is 19.3. The normalized spacial score (nSPS) is 25.4. The van der Waals surface area contributed by atoms with Crippen molar-refractivity contribution in [1.82, 2.24) is 10.2 Å². The molecule has 17 heavy (non-hydrogen) atoms. The van der Waals surface area contributed by atoms with Gasteiger partial charge in [0.15, 0.2) is 0 Å². The second-order valence-electron chi connectivity index (χ2n) is 5.13. The molecule has 0 bridgehead atoms. The highest BCUT2D eigenvalue weighted by Crippen LogP contribution is 2.24. The Hall–Kier alpha value is -0.220. The molecule has 0 saturated carbocycles. The summed E-state index contributed by atoms with van der Waals surface area (Å²) in [5, 5.41) is 3.58. The Labute approximate surface area is 104 Å². The van der Waals surface area contributed by atoms with E-state index in [1.54, 1.807) is 0 Å². The van der Waals surface area contributed by atoms with Gasteiger partial charge in [-0.1, -0.05) is 27.2 Å². The van der Waals surface area contributed by atoms with Crippen molar-refractivity contribution in [3.63, 3.8) is 0 Å². The van der Waals surface area contributed by atoms with Gasteiger partial charge in [-0.25, -0.2) is 8.78 Å². The van der Waals surface area contributed by atoms with Crippen LogP contribution in [0.3, 0.4) is 0 Å². The molecule has 102 valence electrons. The molecule has 1 aliphatic rings. The number of alkyl halides is 2. The van der Waals surface area contributed by atoms with Crippen LogP contribution in [0.2, 0.25) is 0 Å². The van der Waals surface area contributed by atoms with E-state index >= 15 is 0 Å². The van der Waals surface area contributed by atoms with E-state index in [2.05, 4.69) is 26.1 Å².